The number of nitrogens with one attached hydrogen (secondary N) is 1. The Morgan fingerprint density at radius 1 is 1.04 bits per heavy atom. The number of benzene rings is 1. The van der Waals surface area contributed by atoms with Crippen LogP contribution >= 0.6 is 0 Å². The summed E-state index contributed by atoms with van der Waals surface area (Å²) < 4.78 is 8.18. The van der Waals surface area contributed by atoms with Gasteiger partial charge in [0.05, 0.1) is 0 Å². The van der Waals surface area contributed by atoms with E-state index < -0.39 is 18.7 Å². The van der Waals surface area contributed by atoms with Gasteiger partial charge in [0.2, 0.25) is 5.82 Å². The molecular formula is C20H35N7Sn. The Labute approximate surface area is 173 Å². The summed E-state index contributed by atoms with van der Waals surface area (Å²) in [6, 6.07) is 7.98. The molecule has 7 nitrogen and oxygen atoms in total. The third kappa shape index (κ3) is 9.06. The molecule has 1 aromatic carbocycles. The van der Waals surface area contributed by atoms with Crippen molar-refractivity contribution in [2.24, 2.45) is 3.34 Å². The summed E-state index contributed by atoms with van der Waals surface area (Å²) in [7, 11) is 0. The van der Waals surface area contributed by atoms with Crippen molar-refractivity contribution in [1.29, 1.82) is 0 Å². The zero-order valence-electron chi connectivity index (χ0n) is 17.9. The van der Waals surface area contributed by atoms with Crippen molar-refractivity contribution in [2.75, 3.05) is 0 Å². The van der Waals surface area contributed by atoms with Gasteiger partial charge in [0.25, 0.3) is 0 Å². The molecule has 0 saturated carbocycles. The van der Waals surface area contributed by atoms with Crippen LogP contribution in [0.25, 0.3) is 21.8 Å². The second kappa shape index (κ2) is 14.4. The summed E-state index contributed by atoms with van der Waals surface area (Å²) in [5.74, 6) is 0.638. The average Bonchev–Trinajstić information content (AvgIpc) is 3.25. The molecule has 0 bridgehead atoms. The monoisotopic (exact) mass is 493 g/mol. The van der Waals surface area contributed by atoms with Crippen molar-refractivity contribution >= 4 is 18.7 Å². The minimum absolute atomic E-state index is 0.638. The van der Waals surface area contributed by atoms with E-state index in [1.54, 1.807) is 0 Å². The first-order valence-corrected chi connectivity index (χ1v) is 17.8. The van der Waals surface area contributed by atoms with Gasteiger partial charge in [-0.15, -0.1) is 10.2 Å². The number of unbranched alkanes of at least 4 members (excludes halogenated alkanes) is 3. The Morgan fingerprint density at radius 3 is 2.07 bits per heavy atom. The third-order valence-electron chi connectivity index (χ3n) is 4.87. The molecule has 0 saturated heterocycles. The Bertz CT molecular complexity index is 675. The maximum absolute atomic E-state index is 8.81. The second-order valence-corrected chi connectivity index (χ2v) is 19.2. The van der Waals surface area contributed by atoms with Crippen molar-refractivity contribution < 1.29 is 0 Å². The summed E-state index contributed by atoms with van der Waals surface area (Å²) in [4.78, 5) is 3.19. The summed E-state index contributed by atoms with van der Waals surface area (Å²) in [5, 5.41) is 13.7. The Morgan fingerprint density at radius 2 is 1.64 bits per heavy atom. The summed E-state index contributed by atoms with van der Waals surface area (Å²) >= 11 is -2.45. The molecule has 0 aliphatic rings. The van der Waals surface area contributed by atoms with E-state index in [0.29, 0.717) is 5.82 Å². The third-order valence-corrected chi connectivity index (χ3v) is 17.3. The van der Waals surface area contributed by atoms with Crippen LogP contribution in [0.15, 0.2) is 27.6 Å². The van der Waals surface area contributed by atoms with Crippen LogP contribution in [0.1, 0.15) is 64.9 Å². The molecule has 0 fully saturated rings. The first-order valence-electron chi connectivity index (χ1n) is 10.5. The number of hydrogen-bond donors (Lipinski definition) is 1. The number of nitrogens with zero attached hydrogens (tertiary/aromatic N) is 6. The van der Waals surface area contributed by atoms with Crippen LogP contribution < -0.4 is 0 Å². The predicted molar refractivity (Wildman–Crippen MR) is 118 cm³/mol. The smallest absolute Gasteiger partial charge is 0.177 e. The molecule has 1 heterocycles. The number of H-pyrrole nitrogens is 1. The quantitative estimate of drug-likeness (QED) is 0.161. The molecule has 1 N–H and O–H groups in total. The average molecular weight is 492 g/mol. The molecule has 0 unspecified atom stereocenters. The van der Waals surface area contributed by atoms with Gasteiger partial charge in [0, 0.05) is 5.56 Å². The van der Waals surface area contributed by atoms with Gasteiger partial charge in [-0.25, -0.2) is 0 Å². The number of hydrogen-bond acceptors (Lipinski definition) is 4. The van der Waals surface area contributed by atoms with Crippen LogP contribution in [0.5, 0.6) is 0 Å². The van der Waals surface area contributed by atoms with E-state index in [1.807, 2.05) is 31.2 Å². The zero-order valence-corrected chi connectivity index (χ0v) is 20.7. The Kier molecular flexibility index (Phi) is 12.6. The fraction of sp³-hybridized carbons (Fsp3) is 0.650. The fourth-order valence-corrected chi connectivity index (χ4v) is 15.4. The molecular weight excluding hydrogens is 457 g/mol. The van der Waals surface area contributed by atoms with E-state index in [1.165, 1.54) is 57.4 Å². The van der Waals surface area contributed by atoms with Crippen LogP contribution in [-0.2, 0) is 0 Å². The van der Waals surface area contributed by atoms with E-state index >= 15 is 0 Å². The van der Waals surface area contributed by atoms with E-state index in [0.717, 1.165) is 5.56 Å². The molecule has 28 heavy (non-hydrogen) atoms. The second-order valence-electron chi connectivity index (χ2n) is 7.33. The van der Waals surface area contributed by atoms with Crippen molar-refractivity contribution in [1.82, 2.24) is 20.6 Å². The molecule has 8 heteroatoms. The molecule has 2 aromatic rings. The van der Waals surface area contributed by atoms with Gasteiger partial charge in [-0.2, -0.15) is 5.21 Å². The molecule has 0 radical (unpaired) electrons. The Balaban J connectivity index is 0.000000289. The first kappa shape index (κ1) is 24.4. The van der Waals surface area contributed by atoms with Gasteiger partial charge in [-0.05, 0) is 18.2 Å². The Hall–Kier alpha value is -1.60. The topological polar surface area (TPSA) is 103 Å². The van der Waals surface area contributed by atoms with Gasteiger partial charge < -0.3 is 0 Å². The molecule has 0 aliphatic heterocycles. The normalized spacial score (nSPS) is 10.7. The van der Waals surface area contributed by atoms with E-state index in [2.05, 4.69) is 49.6 Å². The van der Waals surface area contributed by atoms with Gasteiger partial charge in [-0.1, -0.05) is 23.8 Å². The van der Waals surface area contributed by atoms with Crippen molar-refractivity contribution in [3.05, 3.63) is 40.3 Å². The zero-order chi connectivity index (χ0) is 20.7. The minimum Gasteiger partial charge on any atom is -0.177 e. The van der Waals surface area contributed by atoms with Gasteiger partial charge in [0.1, 0.15) is 0 Å². The molecule has 0 aliphatic carbocycles. The van der Waals surface area contributed by atoms with Crippen molar-refractivity contribution in [3.63, 3.8) is 0 Å². The molecule has 0 spiro atoms. The van der Waals surface area contributed by atoms with Gasteiger partial charge >= 0.3 is 105 Å². The largest absolute Gasteiger partial charge is 0.204 e. The predicted octanol–water partition coefficient (Wildman–Crippen LogP) is 6.82. The van der Waals surface area contributed by atoms with E-state index in [9.17, 15) is 0 Å². The summed E-state index contributed by atoms with van der Waals surface area (Å²) in [5.41, 5.74) is 11.0. The molecule has 1 aromatic heterocycles. The fourth-order valence-electron chi connectivity index (χ4n) is 3.21. The number of aromatic amines is 1. The van der Waals surface area contributed by atoms with Crippen LogP contribution in [0.2, 0.25) is 13.3 Å². The van der Waals surface area contributed by atoms with Crippen LogP contribution in [0.3, 0.4) is 0 Å². The van der Waals surface area contributed by atoms with Crippen molar-refractivity contribution in [2.45, 2.75) is 79.5 Å². The van der Waals surface area contributed by atoms with Gasteiger partial charge in [0.15, 0.2) is 0 Å². The minimum atomic E-state index is -2.45. The number of aryl methyl sites for hydroxylation is 1. The van der Waals surface area contributed by atoms with E-state index in [-0.39, 0.29) is 0 Å². The first-order chi connectivity index (χ1) is 13.6. The van der Waals surface area contributed by atoms with Crippen LogP contribution in [0.4, 0.5) is 0 Å². The van der Waals surface area contributed by atoms with Gasteiger partial charge in [-0.3, -0.25) is 0 Å². The number of aromatic nitrogens is 4. The maximum atomic E-state index is 8.81. The van der Waals surface area contributed by atoms with E-state index in [4.69, 9.17) is 5.53 Å². The molecule has 2 rings (SSSR count). The number of azide groups is 1. The van der Waals surface area contributed by atoms with Crippen molar-refractivity contribution in [3.8, 4) is 11.4 Å². The SMILES string of the molecule is CCC[CH2][Sn]([CH2]CCC)([CH2]CCC)[N]=[N+]=[N-].Cc1cccc(-c2nn[nH]n2)c1. The standard InChI is InChI=1S/C8H8N4.3C4H9.N3.Sn/c1-6-3-2-4-7(5-6)8-9-11-12-10-8;3*1-3-4-2;1-3-2;/h2-5H,1H3,(H,9,10,11,12);3*1,3-4H2,2H3;;/q;;;;-1;+1. The van der Waals surface area contributed by atoms with Crippen LogP contribution in [0, 0.1) is 6.92 Å². The molecule has 154 valence electrons. The maximum Gasteiger partial charge on any atom is 0.204 e. The number of rotatable bonds is 11. The molecule has 0 atom stereocenters. The molecule has 0 amide bonds. The summed E-state index contributed by atoms with van der Waals surface area (Å²) in [6.45, 7) is 8.72. The summed E-state index contributed by atoms with van der Waals surface area (Å²) in [6.07, 6.45) is 7.50. The van der Waals surface area contributed by atoms with Crippen LogP contribution in [-0.4, -0.2) is 39.3 Å². The number of tetrazole rings is 1.